The first-order valence-corrected chi connectivity index (χ1v) is 12.1. The third-order valence-corrected chi connectivity index (χ3v) is 6.63. The maximum Gasteiger partial charge on any atom is 0.319 e. The highest BCUT2D eigenvalue weighted by atomic mass is 35.5. The Morgan fingerprint density at radius 2 is 1.81 bits per heavy atom. The van der Waals surface area contributed by atoms with E-state index >= 15 is 0 Å². The minimum Gasteiger partial charge on any atom is -0.465 e. The Labute approximate surface area is 195 Å². The Bertz CT molecular complexity index is 1020. The lowest BCUT2D eigenvalue weighted by Gasteiger charge is -2.14. The first kappa shape index (κ1) is 23.6. The molecule has 1 atom stereocenters. The predicted octanol–water partition coefficient (Wildman–Crippen LogP) is 5.05. The number of ether oxygens (including phenoxy) is 1. The van der Waals surface area contributed by atoms with Crippen LogP contribution in [-0.4, -0.2) is 42.6 Å². The molecule has 0 saturated heterocycles. The van der Waals surface area contributed by atoms with Gasteiger partial charge >= 0.3 is 5.97 Å². The van der Waals surface area contributed by atoms with Crippen LogP contribution >= 0.6 is 35.1 Å². The van der Waals surface area contributed by atoms with E-state index in [0.717, 1.165) is 22.9 Å². The van der Waals surface area contributed by atoms with Crippen LogP contribution in [0.3, 0.4) is 0 Å². The fraction of sp³-hybridized carbons (Fsp3) is 0.381. The molecule has 0 amide bonds. The maximum atomic E-state index is 12.3. The van der Waals surface area contributed by atoms with Crippen LogP contribution in [0, 0.1) is 13.8 Å². The molecular formula is C21H24ClN5O2S2. The molecule has 7 nitrogen and oxygen atoms in total. The van der Waals surface area contributed by atoms with Crippen molar-refractivity contribution in [3.05, 3.63) is 52.6 Å². The van der Waals surface area contributed by atoms with Crippen molar-refractivity contribution in [2.24, 2.45) is 0 Å². The van der Waals surface area contributed by atoms with Gasteiger partial charge in [0.05, 0.1) is 12.4 Å². The summed E-state index contributed by atoms with van der Waals surface area (Å²) in [6, 6.07) is 9.39. The Balaban J connectivity index is 1.91. The van der Waals surface area contributed by atoms with Crippen molar-refractivity contribution in [3.63, 3.8) is 0 Å². The number of aromatic nitrogens is 5. The van der Waals surface area contributed by atoms with Gasteiger partial charge in [0.15, 0.2) is 10.3 Å². The highest BCUT2D eigenvalue weighted by Gasteiger charge is 2.24. The second-order valence-corrected chi connectivity index (χ2v) is 9.25. The minimum absolute atomic E-state index is 0.250. The average Bonchev–Trinajstić information content (AvgIpc) is 3.13. The molecule has 2 heterocycles. The zero-order valence-corrected chi connectivity index (χ0v) is 20.2. The molecular weight excluding hydrogens is 454 g/mol. The number of thioether (sulfide) groups is 2. The minimum atomic E-state index is -0.363. The summed E-state index contributed by atoms with van der Waals surface area (Å²) in [7, 11) is 0. The third-order valence-electron chi connectivity index (χ3n) is 4.25. The summed E-state index contributed by atoms with van der Waals surface area (Å²) in [6.07, 6.45) is 0.622. The average molecular weight is 478 g/mol. The van der Waals surface area contributed by atoms with Crippen molar-refractivity contribution in [3.8, 4) is 5.69 Å². The molecule has 0 aliphatic carbocycles. The summed E-state index contributed by atoms with van der Waals surface area (Å²) in [5, 5.41) is 10.4. The first-order valence-electron chi connectivity index (χ1n) is 9.89. The van der Waals surface area contributed by atoms with Gasteiger partial charge in [-0.3, -0.25) is 9.36 Å². The monoisotopic (exact) mass is 477 g/mol. The quantitative estimate of drug-likeness (QED) is 0.240. The molecule has 10 heteroatoms. The fourth-order valence-corrected chi connectivity index (χ4v) is 4.85. The molecule has 1 aromatic carbocycles. The second kappa shape index (κ2) is 11.0. The predicted molar refractivity (Wildman–Crippen MR) is 124 cm³/mol. The fourth-order valence-electron chi connectivity index (χ4n) is 2.87. The van der Waals surface area contributed by atoms with Crippen LogP contribution in [0.4, 0.5) is 0 Å². The van der Waals surface area contributed by atoms with E-state index in [1.165, 1.54) is 23.5 Å². The van der Waals surface area contributed by atoms with E-state index in [0.29, 0.717) is 34.1 Å². The van der Waals surface area contributed by atoms with Crippen molar-refractivity contribution in [2.45, 2.75) is 55.4 Å². The number of hydrogen-bond donors (Lipinski definition) is 0. The largest absolute Gasteiger partial charge is 0.465 e. The Morgan fingerprint density at radius 3 is 2.42 bits per heavy atom. The molecule has 0 fully saturated rings. The topological polar surface area (TPSA) is 82.8 Å². The van der Waals surface area contributed by atoms with E-state index in [-0.39, 0.29) is 11.2 Å². The SMILES string of the molecule is CCOC(=O)[C@H](CC)Sc1nnc(CSc2nc(C)cc(C)n2)n1-c1ccc(Cl)cc1. The number of carbonyl (C=O) groups is 1. The number of halogens is 1. The summed E-state index contributed by atoms with van der Waals surface area (Å²) in [5.41, 5.74) is 2.71. The highest BCUT2D eigenvalue weighted by molar-refractivity contribution is 8.00. The van der Waals surface area contributed by atoms with E-state index < -0.39 is 0 Å². The highest BCUT2D eigenvalue weighted by Crippen LogP contribution is 2.30. The summed E-state index contributed by atoms with van der Waals surface area (Å²) in [5.74, 6) is 1.01. The Kier molecular flexibility index (Phi) is 8.34. The molecule has 0 spiro atoms. The van der Waals surface area contributed by atoms with Crippen molar-refractivity contribution in [1.29, 1.82) is 0 Å². The van der Waals surface area contributed by atoms with Crippen LogP contribution < -0.4 is 0 Å². The van der Waals surface area contributed by atoms with Crippen LogP contribution in [0.5, 0.6) is 0 Å². The number of esters is 1. The zero-order chi connectivity index (χ0) is 22.4. The summed E-state index contributed by atoms with van der Waals surface area (Å²) in [6.45, 7) is 7.99. The molecule has 31 heavy (non-hydrogen) atoms. The number of aryl methyl sites for hydroxylation is 2. The zero-order valence-electron chi connectivity index (χ0n) is 17.8. The summed E-state index contributed by atoms with van der Waals surface area (Å²) >= 11 is 8.92. The van der Waals surface area contributed by atoms with E-state index in [2.05, 4.69) is 20.2 Å². The number of nitrogens with zero attached hydrogens (tertiary/aromatic N) is 5. The third kappa shape index (κ3) is 6.21. The van der Waals surface area contributed by atoms with Crippen molar-refractivity contribution in [2.75, 3.05) is 6.61 Å². The van der Waals surface area contributed by atoms with Gasteiger partial charge in [-0.25, -0.2) is 9.97 Å². The summed E-state index contributed by atoms with van der Waals surface area (Å²) in [4.78, 5) is 21.3. The number of rotatable bonds is 9. The van der Waals surface area contributed by atoms with E-state index in [9.17, 15) is 4.79 Å². The summed E-state index contributed by atoms with van der Waals surface area (Å²) < 4.78 is 7.15. The van der Waals surface area contributed by atoms with Gasteiger partial charge < -0.3 is 4.74 Å². The van der Waals surface area contributed by atoms with Gasteiger partial charge in [-0.2, -0.15) is 0 Å². The van der Waals surface area contributed by atoms with Gasteiger partial charge in [-0.1, -0.05) is 42.0 Å². The van der Waals surface area contributed by atoms with Gasteiger partial charge in [0.25, 0.3) is 0 Å². The molecule has 2 aromatic heterocycles. The molecule has 3 aromatic rings. The molecule has 0 unspecified atom stereocenters. The molecule has 0 N–H and O–H groups in total. The number of hydrogen-bond acceptors (Lipinski definition) is 8. The molecule has 0 bridgehead atoms. The lowest BCUT2D eigenvalue weighted by molar-refractivity contribution is -0.142. The molecule has 0 aliphatic rings. The van der Waals surface area contributed by atoms with Gasteiger partial charge in [0.1, 0.15) is 11.1 Å². The Hall–Kier alpha value is -2.10. The first-order chi connectivity index (χ1) is 14.9. The molecule has 3 rings (SSSR count). The van der Waals surface area contributed by atoms with Crippen LogP contribution in [0.2, 0.25) is 5.02 Å². The van der Waals surface area contributed by atoms with E-state index in [4.69, 9.17) is 16.3 Å². The molecule has 0 saturated carbocycles. The van der Waals surface area contributed by atoms with Crippen LogP contribution in [-0.2, 0) is 15.3 Å². The van der Waals surface area contributed by atoms with Gasteiger partial charge in [-0.05, 0) is 57.5 Å². The van der Waals surface area contributed by atoms with Crippen molar-refractivity contribution < 1.29 is 9.53 Å². The maximum absolute atomic E-state index is 12.3. The second-order valence-electron chi connectivity index (χ2n) is 6.70. The lowest BCUT2D eigenvalue weighted by atomic mass is 10.3. The molecule has 164 valence electrons. The number of benzene rings is 1. The van der Waals surface area contributed by atoms with Crippen molar-refractivity contribution in [1.82, 2.24) is 24.7 Å². The Morgan fingerprint density at radius 1 is 1.13 bits per heavy atom. The molecule has 0 aliphatic heterocycles. The standard InChI is InChI=1S/C21H24ClN5O2S2/c1-5-17(19(28)29-6-2)31-21-26-25-18(27(21)16-9-7-15(22)8-10-16)12-30-20-23-13(3)11-14(4)24-20/h7-11,17H,5-6,12H2,1-4H3/t17-/m0/s1. The molecule has 0 radical (unpaired) electrons. The van der Waals surface area contributed by atoms with E-state index in [1.807, 2.05) is 55.7 Å². The van der Waals surface area contributed by atoms with Crippen LogP contribution in [0.15, 0.2) is 40.6 Å². The smallest absolute Gasteiger partial charge is 0.319 e. The van der Waals surface area contributed by atoms with Gasteiger partial charge in [0, 0.05) is 22.1 Å². The van der Waals surface area contributed by atoms with Crippen molar-refractivity contribution >= 4 is 41.1 Å². The number of carbonyl (C=O) groups excluding carboxylic acids is 1. The van der Waals surface area contributed by atoms with E-state index in [1.54, 1.807) is 6.92 Å². The van der Waals surface area contributed by atoms with Gasteiger partial charge in [0.2, 0.25) is 0 Å². The normalized spacial score (nSPS) is 12.0. The van der Waals surface area contributed by atoms with Gasteiger partial charge in [-0.15, -0.1) is 10.2 Å². The van der Waals surface area contributed by atoms with Crippen LogP contribution in [0.25, 0.3) is 5.69 Å². The lowest BCUT2D eigenvalue weighted by Crippen LogP contribution is -2.20. The van der Waals surface area contributed by atoms with Crippen LogP contribution in [0.1, 0.15) is 37.5 Å².